The maximum absolute atomic E-state index is 12.7. The number of fused-ring (bicyclic) bond motifs is 1. The normalized spacial score (nSPS) is 21.0. The molecule has 7 nitrogen and oxygen atoms in total. The van der Waals surface area contributed by atoms with Crippen LogP contribution in [0.4, 0.5) is 0 Å². The number of ether oxygens (including phenoxy) is 1. The molecule has 1 fully saturated rings. The largest absolute Gasteiger partial charge is 0.396 e. The van der Waals surface area contributed by atoms with Crippen LogP contribution in [0.25, 0.3) is 11.0 Å². The Morgan fingerprint density at radius 2 is 2.19 bits per heavy atom. The molecule has 7 heteroatoms. The highest BCUT2D eigenvalue weighted by Gasteiger charge is 2.27. The zero-order chi connectivity index (χ0) is 19.4. The van der Waals surface area contributed by atoms with Gasteiger partial charge in [-0.05, 0) is 51.4 Å². The number of aliphatic hydroxyl groups excluding tert-OH is 1. The molecule has 2 N–H and O–H groups in total. The maximum Gasteiger partial charge on any atom is 0.248 e. The zero-order valence-corrected chi connectivity index (χ0v) is 16.4. The molecule has 0 unspecified atom stereocenters. The fraction of sp³-hybridized carbons (Fsp3) is 0.600. The van der Waals surface area contributed by atoms with Crippen LogP contribution in [0.15, 0.2) is 18.2 Å². The van der Waals surface area contributed by atoms with E-state index in [4.69, 9.17) is 4.74 Å². The lowest BCUT2D eigenvalue weighted by Gasteiger charge is -2.29. The van der Waals surface area contributed by atoms with Gasteiger partial charge in [0.2, 0.25) is 5.91 Å². The van der Waals surface area contributed by atoms with E-state index in [-0.39, 0.29) is 31.6 Å². The minimum absolute atomic E-state index is 0.0221. The smallest absolute Gasteiger partial charge is 0.248 e. The third kappa shape index (κ3) is 4.86. The Morgan fingerprint density at radius 1 is 1.37 bits per heavy atom. The minimum Gasteiger partial charge on any atom is -0.396 e. The third-order valence-corrected chi connectivity index (χ3v) is 5.39. The summed E-state index contributed by atoms with van der Waals surface area (Å²) < 4.78 is 5.65. The minimum atomic E-state index is -0.0329. The number of para-hydroxylation sites is 1. The van der Waals surface area contributed by atoms with Gasteiger partial charge in [-0.1, -0.05) is 12.1 Å². The third-order valence-electron chi connectivity index (χ3n) is 5.39. The van der Waals surface area contributed by atoms with Crippen LogP contribution in [0.1, 0.15) is 24.2 Å². The molecule has 148 valence electrons. The summed E-state index contributed by atoms with van der Waals surface area (Å²) in [5.74, 6) is 0.828. The number of aryl methyl sites for hydroxylation is 1. The number of aromatic amines is 1. The second kappa shape index (κ2) is 8.82. The predicted octanol–water partition coefficient (Wildman–Crippen LogP) is 1.55. The second-order valence-electron chi connectivity index (χ2n) is 7.69. The highest BCUT2D eigenvalue weighted by atomic mass is 16.5. The summed E-state index contributed by atoms with van der Waals surface area (Å²) in [5.41, 5.74) is 3.03. The van der Waals surface area contributed by atoms with Crippen LogP contribution in [-0.4, -0.2) is 77.2 Å². The molecule has 0 saturated carbocycles. The summed E-state index contributed by atoms with van der Waals surface area (Å²) in [6.07, 6.45) is 1.92. The first kappa shape index (κ1) is 19.8. The molecule has 27 heavy (non-hydrogen) atoms. The SMILES string of the molecule is Cc1cccc2[nH]c(COCC(=O)N3C[C@@H](CO)CC[C@@H](N(C)C)C3)nc12. The summed E-state index contributed by atoms with van der Waals surface area (Å²) in [4.78, 5) is 24.4. The van der Waals surface area contributed by atoms with Crippen molar-refractivity contribution in [3.05, 3.63) is 29.6 Å². The van der Waals surface area contributed by atoms with E-state index in [1.807, 2.05) is 44.1 Å². The number of nitrogens with one attached hydrogen (secondary N) is 1. The molecule has 0 spiro atoms. The number of benzene rings is 1. The number of hydrogen-bond donors (Lipinski definition) is 2. The Kier molecular flexibility index (Phi) is 6.46. The van der Waals surface area contributed by atoms with Crippen LogP contribution >= 0.6 is 0 Å². The lowest BCUT2D eigenvalue weighted by molar-refractivity contribution is -0.137. The van der Waals surface area contributed by atoms with Crippen LogP contribution in [0.5, 0.6) is 0 Å². The van der Waals surface area contributed by atoms with E-state index in [2.05, 4.69) is 14.9 Å². The Labute approximate surface area is 160 Å². The molecule has 2 aromatic rings. The van der Waals surface area contributed by atoms with E-state index in [9.17, 15) is 9.90 Å². The summed E-state index contributed by atoms with van der Waals surface area (Å²) in [6.45, 7) is 3.70. The van der Waals surface area contributed by atoms with E-state index in [1.165, 1.54) is 0 Å². The van der Waals surface area contributed by atoms with Crippen LogP contribution in [-0.2, 0) is 16.1 Å². The quantitative estimate of drug-likeness (QED) is 0.802. The Balaban J connectivity index is 1.57. The van der Waals surface area contributed by atoms with Crippen molar-refractivity contribution in [3.8, 4) is 0 Å². The van der Waals surface area contributed by atoms with E-state index in [1.54, 1.807) is 0 Å². The van der Waals surface area contributed by atoms with Gasteiger partial charge in [-0.2, -0.15) is 0 Å². The molecule has 1 aliphatic heterocycles. The van der Waals surface area contributed by atoms with E-state index < -0.39 is 0 Å². The number of likely N-dealkylation sites (tertiary alicyclic amines) is 1. The molecular weight excluding hydrogens is 344 g/mol. The van der Waals surface area contributed by atoms with E-state index in [0.29, 0.717) is 19.1 Å². The number of rotatable bonds is 6. The van der Waals surface area contributed by atoms with Crippen LogP contribution in [0.2, 0.25) is 0 Å². The number of likely N-dealkylation sites (N-methyl/N-ethyl adjacent to an activating group) is 1. The average molecular weight is 374 g/mol. The lowest BCUT2D eigenvalue weighted by atomic mass is 10.0. The molecular formula is C20H30N4O3. The number of amides is 1. The van der Waals surface area contributed by atoms with Crippen molar-refractivity contribution >= 4 is 16.9 Å². The molecule has 0 bridgehead atoms. The predicted molar refractivity (Wildman–Crippen MR) is 104 cm³/mol. The Hall–Kier alpha value is -1.96. The van der Waals surface area contributed by atoms with Crippen LogP contribution in [0.3, 0.4) is 0 Å². The first-order valence-electron chi connectivity index (χ1n) is 9.55. The van der Waals surface area contributed by atoms with Crippen molar-refractivity contribution in [3.63, 3.8) is 0 Å². The molecule has 1 amide bonds. The van der Waals surface area contributed by atoms with Crippen molar-refractivity contribution in [1.29, 1.82) is 0 Å². The average Bonchev–Trinajstić information content (AvgIpc) is 2.93. The van der Waals surface area contributed by atoms with E-state index >= 15 is 0 Å². The molecule has 2 heterocycles. The van der Waals surface area contributed by atoms with Gasteiger partial charge in [-0.25, -0.2) is 4.98 Å². The summed E-state index contributed by atoms with van der Waals surface area (Å²) >= 11 is 0. The van der Waals surface area contributed by atoms with Crippen molar-refractivity contribution in [2.24, 2.45) is 5.92 Å². The maximum atomic E-state index is 12.7. The fourth-order valence-corrected chi connectivity index (χ4v) is 3.65. The van der Waals surface area contributed by atoms with Crippen molar-refractivity contribution < 1.29 is 14.6 Å². The first-order chi connectivity index (χ1) is 13.0. The number of hydrogen-bond acceptors (Lipinski definition) is 5. The number of carbonyl (C=O) groups is 1. The van der Waals surface area contributed by atoms with Crippen molar-refractivity contribution in [1.82, 2.24) is 19.8 Å². The molecule has 1 aromatic carbocycles. The van der Waals surface area contributed by atoms with Gasteiger partial charge in [-0.15, -0.1) is 0 Å². The molecule has 0 radical (unpaired) electrons. The van der Waals surface area contributed by atoms with Gasteiger partial charge in [0.05, 0.1) is 11.0 Å². The first-order valence-corrected chi connectivity index (χ1v) is 9.55. The fourth-order valence-electron chi connectivity index (χ4n) is 3.65. The highest BCUT2D eigenvalue weighted by molar-refractivity contribution is 5.78. The Bertz CT molecular complexity index is 774. The number of H-pyrrole nitrogens is 1. The van der Waals surface area contributed by atoms with Gasteiger partial charge in [0.1, 0.15) is 19.0 Å². The summed E-state index contributed by atoms with van der Waals surface area (Å²) in [6, 6.07) is 6.30. The monoisotopic (exact) mass is 374 g/mol. The molecule has 0 aliphatic carbocycles. The van der Waals surface area contributed by atoms with Crippen LogP contribution < -0.4 is 0 Å². The number of aromatic nitrogens is 2. The van der Waals surface area contributed by atoms with Gasteiger partial charge >= 0.3 is 0 Å². The van der Waals surface area contributed by atoms with Gasteiger partial charge in [0.15, 0.2) is 0 Å². The molecule has 2 atom stereocenters. The van der Waals surface area contributed by atoms with Crippen molar-refractivity contribution in [2.45, 2.75) is 32.4 Å². The topological polar surface area (TPSA) is 81.7 Å². The Morgan fingerprint density at radius 3 is 2.89 bits per heavy atom. The number of carbonyl (C=O) groups excluding carboxylic acids is 1. The highest BCUT2D eigenvalue weighted by Crippen LogP contribution is 2.19. The van der Waals surface area contributed by atoms with Gasteiger partial charge in [0, 0.05) is 25.7 Å². The van der Waals surface area contributed by atoms with Crippen LogP contribution in [0, 0.1) is 12.8 Å². The van der Waals surface area contributed by atoms with Gasteiger partial charge in [-0.3, -0.25) is 4.79 Å². The zero-order valence-electron chi connectivity index (χ0n) is 16.4. The molecule has 1 saturated heterocycles. The second-order valence-corrected chi connectivity index (χ2v) is 7.69. The van der Waals surface area contributed by atoms with Gasteiger partial charge in [0.25, 0.3) is 0 Å². The van der Waals surface area contributed by atoms with E-state index in [0.717, 1.165) is 35.3 Å². The number of imidazole rings is 1. The summed E-state index contributed by atoms with van der Waals surface area (Å²) in [7, 11) is 4.07. The van der Waals surface area contributed by atoms with Crippen molar-refractivity contribution in [2.75, 3.05) is 40.4 Å². The number of nitrogens with zero attached hydrogens (tertiary/aromatic N) is 3. The lowest BCUT2D eigenvalue weighted by Crippen LogP contribution is -2.44. The molecule has 3 rings (SSSR count). The van der Waals surface area contributed by atoms with Gasteiger partial charge < -0.3 is 24.6 Å². The standard InChI is InChI=1S/C20H30N4O3/c1-14-5-4-6-17-20(14)22-18(21-17)12-27-13-19(26)24-9-15(11-25)7-8-16(10-24)23(2)3/h4-6,15-16,25H,7-13H2,1-3H3,(H,21,22)/t15-,16+/m0/s1. The number of aliphatic hydroxyl groups is 1. The molecule has 1 aromatic heterocycles. The molecule has 1 aliphatic rings. The summed E-state index contributed by atoms with van der Waals surface area (Å²) in [5, 5.41) is 9.56.